The van der Waals surface area contributed by atoms with E-state index in [1.54, 1.807) is 4.90 Å². The Labute approximate surface area is 155 Å². The van der Waals surface area contributed by atoms with E-state index in [2.05, 4.69) is 0 Å². The van der Waals surface area contributed by atoms with Crippen LogP contribution in [-0.2, 0) is 14.3 Å². The summed E-state index contributed by atoms with van der Waals surface area (Å²) < 4.78 is 5.39. The van der Waals surface area contributed by atoms with Gasteiger partial charge in [-0.2, -0.15) is 0 Å². The zero-order valence-corrected chi connectivity index (χ0v) is 16.4. The largest absolute Gasteiger partial charge is 0.444 e. The second-order valence-electron chi connectivity index (χ2n) is 8.75. The molecule has 0 saturated carbocycles. The van der Waals surface area contributed by atoms with Crippen LogP contribution in [0, 0.1) is 11.3 Å². The van der Waals surface area contributed by atoms with E-state index in [4.69, 9.17) is 4.74 Å². The van der Waals surface area contributed by atoms with Crippen molar-refractivity contribution >= 4 is 17.9 Å². The van der Waals surface area contributed by atoms with Crippen LogP contribution in [0.1, 0.15) is 47.5 Å². The number of hydrogen-bond donors (Lipinski definition) is 0. The van der Waals surface area contributed by atoms with E-state index in [1.165, 1.54) is 17.1 Å². The van der Waals surface area contributed by atoms with Crippen molar-refractivity contribution in [2.24, 2.45) is 11.3 Å². The molecular formula is C20H30N2O4. The molecular weight excluding hydrogens is 332 g/mol. The van der Waals surface area contributed by atoms with E-state index in [0.29, 0.717) is 19.6 Å². The molecule has 0 spiro atoms. The first-order chi connectivity index (χ1) is 12.0. The highest BCUT2D eigenvalue weighted by atomic mass is 16.6. The molecule has 1 saturated heterocycles. The second-order valence-corrected chi connectivity index (χ2v) is 8.75. The molecule has 0 aromatic rings. The lowest BCUT2D eigenvalue weighted by molar-refractivity contribution is -0.140. The van der Waals surface area contributed by atoms with Crippen LogP contribution in [-0.4, -0.2) is 52.9 Å². The molecule has 0 bridgehead atoms. The molecule has 2 aliphatic heterocycles. The molecule has 0 aliphatic carbocycles. The SMILES string of the molecule is CC1(C)C=CC(=O)N(C(=O)/C=C/C2CCN(C(=O)OC(C)(C)C)CC2)C1. The lowest BCUT2D eigenvalue weighted by Gasteiger charge is -2.33. The number of ether oxygens (including phenoxy) is 1. The molecule has 144 valence electrons. The molecule has 0 aromatic heterocycles. The Morgan fingerprint density at radius 2 is 1.85 bits per heavy atom. The summed E-state index contributed by atoms with van der Waals surface area (Å²) in [5.41, 5.74) is -0.695. The quantitative estimate of drug-likeness (QED) is 0.708. The van der Waals surface area contributed by atoms with Crippen molar-refractivity contribution < 1.29 is 19.1 Å². The van der Waals surface area contributed by atoms with Crippen molar-refractivity contribution in [2.75, 3.05) is 19.6 Å². The summed E-state index contributed by atoms with van der Waals surface area (Å²) in [5, 5.41) is 0. The van der Waals surface area contributed by atoms with Gasteiger partial charge in [0.25, 0.3) is 11.8 Å². The van der Waals surface area contributed by atoms with Crippen LogP contribution < -0.4 is 0 Å². The minimum Gasteiger partial charge on any atom is -0.444 e. The van der Waals surface area contributed by atoms with E-state index in [0.717, 1.165) is 12.8 Å². The summed E-state index contributed by atoms with van der Waals surface area (Å²) in [5.74, 6) is -0.318. The average molecular weight is 362 g/mol. The van der Waals surface area contributed by atoms with Crippen molar-refractivity contribution in [1.82, 2.24) is 9.80 Å². The normalized spacial score (nSPS) is 21.3. The molecule has 0 atom stereocenters. The molecule has 3 amide bonds. The first kappa shape index (κ1) is 20.2. The summed E-state index contributed by atoms with van der Waals surface area (Å²) in [6.07, 6.45) is 7.95. The molecule has 6 heteroatoms. The second kappa shape index (κ2) is 7.64. The van der Waals surface area contributed by atoms with Gasteiger partial charge in [-0.05, 0) is 45.6 Å². The molecule has 0 unspecified atom stereocenters. The van der Waals surface area contributed by atoms with E-state index in [9.17, 15) is 14.4 Å². The number of nitrogens with zero attached hydrogens (tertiary/aromatic N) is 2. The predicted molar refractivity (Wildman–Crippen MR) is 99.3 cm³/mol. The van der Waals surface area contributed by atoms with Crippen LogP contribution in [0.25, 0.3) is 0 Å². The molecule has 0 radical (unpaired) electrons. The topological polar surface area (TPSA) is 66.9 Å². The fourth-order valence-corrected chi connectivity index (χ4v) is 3.02. The zero-order chi connectivity index (χ0) is 19.5. The number of carbonyl (C=O) groups is 3. The van der Waals surface area contributed by atoms with Crippen molar-refractivity contribution in [3.63, 3.8) is 0 Å². The van der Waals surface area contributed by atoms with E-state index < -0.39 is 5.60 Å². The standard InChI is InChI=1S/C20H30N2O4/c1-19(2,3)26-18(25)21-12-9-15(10-13-21)6-7-16(23)22-14-20(4,5)11-8-17(22)24/h6-8,11,15H,9-10,12-14H2,1-5H3/b7-6+. The van der Waals surface area contributed by atoms with Gasteiger partial charge in [-0.25, -0.2) is 4.79 Å². The van der Waals surface area contributed by atoms with Gasteiger partial charge in [0, 0.05) is 31.1 Å². The first-order valence-corrected chi connectivity index (χ1v) is 9.18. The summed E-state index contributed by atoms with van der Waals surface area (Å²) in [6.45, 7) is 11.1. The lowest BCUT2D eigenvalue weighted by Crippen LogP contribution is -2.44. The van der Waals surface area contributed by atoms with Gasteiger partial charge >= 0.3 is 6.09 Å². The van der Waals surface area contributed by atoms with E-state index >= 15 is 0 Å². The molecule has 26 heavy (non-hydrogen) atoms. The maximum Gasteiger partial charge on any atom is 0.410 e. The molecule has 0 aromatic carbocycles. The third kappa shape index (κ3) is 5.71. The third-order valence-electron chi connectivity index (χ3n) is 4.48. The highest BCUT2D eigenvalue weighted by Gasteiger charge is 2.30. The Morgan fingerprint density at radius 1 is 1.23 bits per heavy atom. The fraction of sp³-hybridized carbons (Fsp3) is 0.650. The van der Waals surface area contributed by atoms with Gasteiger partial charge < -0.3 is 9.64 Å². The molecule has 6 nitrogen and oxygen atoms in total. The number of allylic oxidation sites excluding steroid dienone is 1. The number of carbonyl (C=O) groups excluding carboxylic acids is 3. The molecule has 1 fully saturated rings. The van der Waals surface area contributed by atoms with Crippen LogP contribution in [0.4, 0.5) is 4.79 Å². The minimum atomic E-state index is -0.497. The zero-order valence-electron chi connectivity index (χ0n) is 16.4. The van der Waals surface area contributed by atoms with Crippen molar-refractivity contribution in [1.29, 1.82) is 0 Å². The molecule has 2 aliphatic rings. The van der Waals surface area contributed by atoms with E-state index in [-0.39, 0.29) is 29.2 Å². The number of amides is 3. The highest BCUT2D eigenvalue weighted by molar-refractivity contribution is 6.05. The highest BCUT2D eigenvalue weighted by Crippen LogP contribution is 2.24. The summed E-state index contributed by atoms with van der Waals surface area (Å²) in [7, 11) is 0. The smallest absolute Gasteiger partial charge is 0.410 e. The Morgan fingerprint density at radius 3 is 2.42 bits per heavy atom. The first-order valence-electron chi connectivity index (χ1n) is 9.18. The maximum absolute atomic E-state index is 12.4. The van der Waals surface area contributed by atoms with Gasteiger partial charge in [0.05, 0.1) is 0 Å². The van der Waals surface area contributed by atoms with Crippen molar-refractivity contribution in [2.45, 2.75) is 53.1 Å². The molecule has 0 N–H and O–H groups in total. The fourth-order valence-electron chi connectivity index (χ4n) is 3.02. The maximum atomic E-state index is 12.4. The van der Waals surface area contributed by atoms with Gasteiger partial charge in [0.2, 0.25) is 0 Å². The van der Waals surface area contributed by atoms with E-state index in [1.807, 2.05) is 46.8 Å². The van der Waals surface area contributed by atoms with Crippen LogP contribution in [0.3, 0.4) is 0 Å². The lowest BCUT2D eigenvalue weighted by atomic mass is 9.89. The Bertz CT molecular complexity index is 620. The van der Waals surface area contributed by atoms with Crippen LogP contribution in [0.5, 0.6) is 0 Å². The summed E-state index contributed by atoms with van der Waals surface area (Å²) >= 11 is 0. The summed E-state index contributed by atoms with van der Waals surface area (Å²) in [6, 6.07) is 0. The number of hydrogen-bond acceptors (Lipinski definition) is 4. The van der Waals surface area contributed by atoms with Crippen LogP contribution in [0.15, 0.2) is 24.3 Å². The van der Waals surface area contributed by atoms with Crippen molar-refractivity contribution in [3.05, 3.63) is 24.3 Å². The molecule has 2 heterocycles. The third-order valence-corrected chi connectivity index (χ3v) is 4.48. The predicted octanol–water partition coefficient (Wildman–Crippen LogP) is 3.14. The van der Waals surface area contributed by atoms with Gasteiger partial charge in [-0.15, -0.1) is 0 Å². The minimum absolute atomic E-state index is 0.198. The number of piperidine rings is 1. The Balaban J connectivity index is 1.85. The summed E-state index contributed by atoms with van der Waals surface area (Å²) in [4.78, 5) is 39.4. The monoisotopic (exact) mass is 362 g/mol. The number of rotatable bonds is 2. The molecule has 2 rings (SSSR count). The van der Waals surface area contributed by atoms with Gasteiger partial charge in [-0.1, -0.05) is 26.0 Å². The van der Waals surface area contributed by atoms with Crippen molar-refractivity contribution in [3.8, 4) is 0 Å². The average Bonchev–Trinajstić information content (AvgIpc) is 2.54. The Kier molecular flexibility index (Phi) is 5.94. The number of likely N-dealkylation sites (tertiary alicyclic amines) is 1. The van der Waals surface area contributed by atoms with Gasteiger partial charge in [-0.3, -0.25) is 14.5 Å². The van der Waals surface area contributed by atoms with Gasteiger partial charge in [0.1, 0.15) is 5.60 Å². The number of imide groups is 1. The van der Waals surface area contributed by atoms with Crippen LogP contribution >= 0.6 is 0 Å². The van der Waals surface area contributed by atoms with Crippen LogP contribution in [0.2, 0.25) is 0 Å². The Hall–Kier alpha value is -2.11. The van der Waals surface area contributed by atoms with Gasteiger partial charge in [0.15, 0.2) is 0 Å².